The van der Waals surface area contributed by atoms with Crippen LogP contribution >= 0.6 is 11.6 Å². The van der Waals surface area contributed by atoms with Crippen LogP contribution in [-0.2, 0) is 0 Å². The van der Waals surface area contributed by atoms with Crippen LogP contribution in [-0.4, -0.2) is 5.91 Å². The minimum atomic E-state index is -0.428. The molecule has 5 heteroatoms. The van der Waals surface area contributed by atoms with E-state index in [4.69, 9.17) is 17.3 Å². The van der Waals surface area contributed by atoms with Crippen molar-refractivity contribution in [2.45, 2.75) is 6.92 Å². The van der Waals surface area contributed by atoms with Gasteiger partial charge in [-0.15, -0.1) is 0 Å². The largest absolute Gasteiger partial charge is 0.398 e. The maximum Gasteiger partial charge on any atom is 0.257 e. The molecular weight excluding hydrogens is 267 g/mol. The predicted molar refractivity (Wildman–Crippen MR) is 75.0 cm³/mol. The number of carbonyl (C=O) groups is 1. The van der Waals surface area contributed by atoms with E-state index < -0.39 is 11.7 Å². The van der Waals surface area contributed by atoms with Crippen LogP contribution in [0.15, 0.2) is 36.4 Å². The van der Waals surface area contributed by atoms with Gasteiger partial charge in [0.15, 0.2) is 0 Å². The molecule has 0 radical (unpaired) electrons. The number of anilines is 2. The topological polar surface area (TPSA) is 55.1 Å². The van der Waals surface area contributed by atoms with Crippen molar-refractivity contribution in [3.8, 4) is 0 Å². The first-order chi connectivity index (χ1) is 8.97. The summed E-state index contributed by atoms with van der Waals surface area (Å²) in [6, 6.07) is 9.08. The number of hydrogen-bond acceptors (Lipinski definition) is 2. The molecule has 0 heterocycles. The molecule has 0 unspecified atom stereocenters. The Kier molecular flexibility index (Phi) is 3.71. The van der Waals surface area contributed by atoms with Crippen molar-refractivity contribution >= 4 is 28.9 Å². The summed E-state index contributed by atoms with van der Waals surface area (Å²) in [4.78, 5) is 12.0. The van der Waals surface area contributed by atoms with E-state index in [2.05, 4.69) is 5.32 Å². The molecule has 0 aliphatic heterocycles. The summed E-state index contributed by atoms with van der Waals surface area (Å²) in [7, 11) is 0. The molecule has 0 aromatic heterocycles. The average molecular weight is 279 g/mol. The zero-order valence-corrected chi connectivity index (χ0v) is 11.0. The van der Waals surface area contributed by atoms with Gasteiger partial charge in [-0.1, -0.05) is 17.7 Å². The van der Waals surface area contributed by atoms with E-state index in [-0.39, 0.29) is 10.6 Å². The Morgan fingerprint density at radius 3 is 2.74 bits per heavy atom. The minimum Gasteiger partial charge on any atom is -0.398 e. The summed E-state index contributed by atoms with van der Waals surface area (Å²) in [5.74, 6) is -0.837. The van der Waals surface area contributed by atoms with Crippen molar-refractivity contribution < 1.29 is 9.18 Å². The van der Waals surface area contributed by atoms with Gasteiger partial charge in [0.2, 0.25) is 0 Å². The molecule has 0 fully saturated rings. The van der Waals surface area contributed by atoms with E-state index in [9.17, 15) is 9.18 Å². The molecule has 2 aromatic rings. The van der Waals surface area contributed by atoms with E-state index >= 15 is 0 Å². The number of hydrogen-bond donors (Lipinski definition) is 2. The van der Waals surface area contributed by atoms with Crippen LogP contribution in [0.1, 0.15) is 15.9 Å². The van der Waals surface area contributed by atoms with Crippen LogP contribution in [0.25, 0.3) is 0 Å². The second-order valence-electron chi connectivity index (χ2n) is 4.18. The zero-order chi connectivity index (χ0) is 14.0. The van der Waals surface area contributed by atoms with Crippen LogP contribution in [0.5, 0.6) is 0 Å². The smallest absolute Gasteiger partial charge is 0.257 e. The van der Waals surface area contributed by atoms with Gasteiger partial charge in [-0.3, -0.25) is 4.79 Å². The quantitative estimate of drug-likeness (QED) is 0.824. The SMILES string of the molecule is Cc1cc(F)cc(NC(=O)c2cccc(N)c2Cl)c1. The van der Waals surface area contributed by atoms with E-state index in [0.717, 1.165) is 0 Å². The van der Waals surface area contributed by atoms with Gasteiger partial charge in [0.1, 0.15) is 5.82 Å². The molecular formula is C14H12ClFN2O. The number of aryl methyl sites for hydroxylation is 1. The summed E-state index contributed by atoms with van der Waals surface area (Å²) >= 11 is 5.96. The lowest BCUT2D eigenvalue weighted by atomic mass is 10.1. The number of benzene rings is 2. The highest BCUT2D eigenvalue weighted by Gasteiger charge is 2.12. The second-order valence-corrected chi connectivity index (χ2v) is 4.56. The third kappa shape index (κ3) is 3.03. The number of nitrogens with one attached hydrogen (secondary N) is 1. The molecule has 3 N–H and O–H groups in total. The molecule has 0 spiro atoms. The van der Waals surface area contributed by atoms with Gasteiger partial charge < -0.3 is 11.1 Å². The van der Waals surface area contributed by atoms with Crippen molar-refractivity contribution in [1.82, 2.24) is 0 Å². The molecule has 98 valence electrons. The fourth-order valence-corrected chi connectivity index (χ4v) is 1.94. The fourth-order valence-electron chi connectivity index (χ4n) is 1.73. The van der Waals surface area contributed by atoms with E-state index in [1.165, 1.54) is 12.1 Å². The molecule has 1 amide bonds. The lowest BCUT2D eigenvalue weighted by molar-refractivity contribution is 0.102. The van der Waals surface area contributed by atoms with Gasteiger partial charge in [-0.05, 0) is 42.8 Å². The minimum absolute atomic E-state index is 0.188. The first-order valence-corrected chi connectivity index (χ1v) is 5.97. The van der Waals surface area contributed by atoms with Gasteiger partial charge in [-0.2, -0.15) is 0 Å². The molecule has 0 aliphatic carbocycles. The predicted octanol–water partition coefficient (Wildman–Crippen LogP) is 3.62. The highest BCUT2D eigenvalue weighted by molar-refractivity contribution is 6.36. The molecule has 0 bridgehead atoms. The van der Waals surface area contributed by atoms with E-state index in [1.807, 2.05) is 0 Å². The van der Waals surface area contributed by atoms with E-state index in [0.29, 0.717) is 16.9 Å². The Morgan fingerprint density at radius 2 is 2.05 bits per heavy atom. The first-order valence-electron chi connectivity index (χ1n) is 5.60. The number of nitrogens with two attached hydrogens (primary N) is 1. The van der Waals surface area contributed by atoms with Gasteiger partial charge in [-0.25, -0.2) is 4.39 Å². The standard InChI is InChI=1S/C14H12ClFN2O/c1-8-5-9(16)7-10(6-8)18-14(19)11-3-2-4-12(17)13(11)15/h2-7H,17H2,1H3,(H,18,19). The summed E-state index contributed by atoms with van der Waals surface area (Å²) in [6.07, 6.45) is 0. The molecule has 0 aliphatic rings. The van der Waals surface area contributed by atoms with Crippen LogP contribution in [0.4, 0.5) is 15.8 Å². The maximum absolute atomic E-state index is 13.2. The Labute approximate surface area is 115 Å². The monoisotopic (exact) mass is 278 g/mol. The van der Waals surface area contributed by atoms with Crippen LogP contribution < -0.4 is 11.1 Å². The molecule has 0 saturated heterocycles. The number of rotatable bonds is 2. The van der Waals surface area contributed by atoms with E-state index in [1.54, 1.807) is 31.2 Å². The van der Waals surface area contributed by atoms with Crippen molar-refractivity contribution in [3.05, 3.63) is 58.4 Å². The third-order valence-corrected chi connectivity index (χ3v) is 3.00. The lowest BCUT2D eigenvalue weighted by Gasteiger charge is -2.09. The van der Waals surface area contributed by atoms with Gasteiger partial charge >= 0.3 is 0 Å². The van der Waals surface area contributed by atoms with Crippen molar-refractivity contribution in [2.75, 3.05) is 11.1 Å². The third-order valence-electron chi connectivity index (χ3n) is 2.57. The highest BCUT2D eigenvalue weighted by atomic mass is 35.5. The maximum atomic E-state index is 13.2. The van der Waals surface area contributed by atoms with Crippen LogP contribution in [0.3, 0.4) is 0 Å². The fraction of sp³-hybridized carbons (Fsp3) is 0.0714. The number of halogens is 2. The summed E-state index contributed by atoms with van der Waals surface area (Å²) < 4.78 is 13.2. The molecule has 19 heavy (non-hydrogen) atoms. The van der Waals surface area contributed by atoms with Crippen molar-refractivity contribution in [2.24, 2.45) is 0 Å². The lowest BCUT2D eigenvalue weighted by Crippen LogP contribution is -2.13. The zero-order valence-electron chi connectivity index (χ0n) is 10.2. The average Bonchev–Trinajstić information content (AvgIpc) is 2.31. The normalized spacial score (nSPS) is 10.3. The Morgan fingerprint density at radius 1 is 1.32 bits per heavy atom. The Balaban J connectivity index is 2.28. The Bertz CT molecular complexity index is 623. The second kappa shape index (κ2) is 5.28. The molecule has 2 rings (SSSR count). The molecule has 0 atom stereocenters. The number of nitrogen functional groups attached to an aromatic ring is 1. The summed E-state index contributed by atoms with van der Waals surface area (Å²) in [5.41, 5.74) is 7.30. The van der Waals surface area contributed by atoms with Gasteiger partial charge in [0, 0.05) is 5.69 Å². The van der Waals surface area contributed by atoms with Crippen LogP contribution in [0.2, 0.25) is 5.02 Å². The molecule has 0 saturated carbocycles. The van der Waals surface area contributed by atoms with Crippen molar-refractivity contribution in [3.63, 3.8) is 0 Å². The summed E-state index contributed by atoms with van der Waals surface area (Å²) in [5, 5.41) is 2.78. The molecule has 2 aromatic carbocycles. The molecule has 3 nitrogen and oxygen atoms in total. The highest BCUT2D eigenvalue weighted by Crippen LogP contribution is 2.24. The van der Waals surface area contributed by atoms with Gasteiger partial charge in [0.25, 0.3) is 5.91 Å². The summed E-state index contributed by atoms with van der Waals surface area (Å²) in [6.45, 7) is 1.74. The Hall–Kier alpha value is -2.07. The first kappa shape index (κ1) is 13.4. The van der Waals surface area contributed by atoms with Crippen LogP contribution in [0, 0.1) is 12.7 Å². The van der Waals surface area contributed by atoms with Gasteiger partial charge in [0.05, 0.1) is 16.3 Å². The number of amides is 1. The van der Waals surface area contributed by atoms with Crippen molar-refractivity contribution in [1.29, 1.82) is 0 Å². The number of carbonyl (C=O) groups excluding carboxylic acids is 1.